The molecule has 0 aliphatic carbocycles. The van der Waals surface area contributed by atoms with Crippen LogP contribution >= 0.6 is 0 Å². The van der Waals surface area contributed by atoms with E-state index in [-0.39, 0.29) is 6.54 Å². The van der Waals surface area contributed by atoms with Crippen molar-refractivity contribution in [1.29, 1.82) is 0 Å². The van der Waals surface area contributed by atoms with Crippen molar-refractivity contribution in [3.05, 3.63) is 20.2 Å². The molecular formula is C5H10N4O6. The number of piperidine rings is 1. The lowest BCUT2D eigenvalue weighted by atomic mass is 10.1. The first kappa shape index (κ1) is 11.4. The molecule has 0 aromatic carbocycles. The van der Waals surface area contributed by atoms with Gasteiger partial charge in [0.15, 0.2) is 6.23 Å². The summed E-state index contributed by atoms with van der Waals surface area (Å²) in [7, 11) is 0. The third-order valence-electron chi connectivity index (χ3n) is 1.93. The van der Waals surface area contributed by atoms with E-state index < -0.39 is 22.4 Å². The highest BCUT2D eigenvalue weighted by Gasteiger charge is 2.34. The zero-order chi connectivity index (χ0) is 11.4. The lowest BCUT2D eigenvalue weighted by Crippen LogP contribution is -2.54. The fourth-order valence-corrected chi connectivity index (χ4v) is 1.36. The molecule has 15 heavy (non-hydrogen) atoms. The van der Waals surface area contributed by atoms with Crippen LogP contribution in [0.1, 0.15) is 12.8 Å². The van der Waals surface area contributed by atoms with Crippen LogP contribution in [0.4, 0.5) is 0 Å². The SMILES string of the molecule is N[C@H]1CCCN(O[N+](=O)[O-])C1O[N+](=O)[O-]. The van der Waals surface area contributed by atoms with E-state index >= 15 is 0 Å². The molecule has 0 amide bonds. The lowest BCUT2D eigenvalue weighted by molar-refractivity contribution is -0.841. The Morgan fingerprint density at radius 1 is 1.33 bits per heavy atom. The van der Waals surface area contributed by atoms with Gasteiger partial charge in [-0.05, 0) is 12.8 Å². The largest absolute Gasteiger partial charge is 0.325 e. The van der Waals surface area contributed by atoms with Gasteiger partial charge in [-0.2, -0.15) is 0 Å². The lowest BCUT2D eigenvalue weighted by Gasteiger charge is -2.34. The van der Waals surface area contributed by atoms with Gasteiger partial charge < -0.3 is 5.73 Å². The van der Waals surface area contributed by atoms with E-state index in [4.69, 9.17) is 5.73 Å². The van der Waals surface area contributed by atoms with E-state index in [0.29, 0.717) is 12.8 Å². The Kier molecular flexibility index (Phi) is 3.57. The molecule has 1 unspecified atom stereocenters. The molecule has 1 aliphatic rings. The zero-order valence-electron chi connectivity index (χ0n) is 7.64. The van der Waals surface area contributed by atoms with E-state index in [2.05, 4.69) is 9.78 Å². The van der Waals surface area contributed by atoms with Gasteiger partial charge in [0.1, 0.15) is 0 Å². The molecule has 86 valence electrons. The average Bonchev–Trinajstić information content (AvgIpc) is 2.09. The molecule has 1 aliphatic heterocycles. The van der Waals surface area contributed by atoms with Crippen molar-refractivity contribution in [2.75, 3.05) is 6.54 Å². The highest BCUT2D eigenvalue weighted by molar-refractivity contribution is 4.75. The molecule has 0 radical (unpaired) electrons. The van der Waals surface area contributed by atoms with Crippen LogP contribution < -0.4 is 5.73 Å². The summed E-state index contributed by atoms with van der Waals surface area (Å²) in [6.07, 6.45) is -0.206. The fraction of sp³-hybridized carbons (Fsp3) is 1.00. The van der Waals surface area contributed by atoms with Crippen LogP contribution in [-0.2, 0) is 9.78 Å². The van der Waals surface area contributed by atoms with Crippen molar-refractivity contribution in [2.24, 2.45) is 5.73 Å². The normalized spacial score (nSPS) is 27.0. The fourth-order valence-electron chi connectivity index (χ4n) is 1.36. The van der Waals surface area contributed by atoms with Gasteiger partial charge in [0.25, 0.3) is 5.09 Å². The molecule has 10 heteroatoms. The van der Waals surface area contributed by atoms with Gasteiger partial charge in [0, 0.05) is 12.6 Å². The van der Waals surface area contributed by atoms with Crippen molar-refractivity contribution in [3.63, 3.8) is 0 Å². The Balaban J connectivity index is 2.63. The zero-order valence-corrected chi connectivity index (χ0v) is 7.64. The van der Waals surface area contributed by atoms with Crippen LogP contribution in [0.15, 0.2) is 0 Å². The topological polar surface area (TPSA) is 134 Å². The molecule has 2 atom stereocenters. The summed E-state index contributed by atoms with van der Waals surface area (Å²) in [5.74, 6) is 0. The molecule has 1 rings (SSSR count). The van der Waals surface area contributed by atoms with Gasteiger partial charge in [-0.25, -0.2) is 4.94 Å². The van der Waals surface area contributed by atoms with E-state index in [9.17, 15) is 20.2 Å². The van der Waals surface area contributed by atoms with E-state index in [0.717, 1.165) is 5.06 Å². The summed E-state index contributed by atoms with van der Waals surface area (Å²) in [5.41, 5.74) is 5.52. The van der Waals surface area contributed by atoms with Crippen molar-refractivity contribution >= 4 is 0 Å². The maximum Gasteiger partial charge on any atom is 0.312 e. The molecular weight excluding hydrogens is 212 g/mol. The Hall–Kier alpha value is -1.68. The van der Waals surface area contributed by atoms with Crippen LogP contribution in [0, 0.1) is 20.2 Å². The predicted molar refractivity (Wildman–Crippen MR) is 43.9 cm³/mol. The number of hydrogen-bond donors (Lipinski definition) is 1. The third-order valence-corrected chi connectivity index (χ3v) is 1.93. The molecule has 1 saturated heterocycles. The molecule has 0 bridgehead atoms. The quantitative estimate of drug-likeness (QED) is 0.476. The van der Waals surface area contributed by atoms with E-state index in [1.165, 1.54) is 0 Å². The van der Waals surface area contributed by atoms with Gasteiger partial charge in [0.2, 0.25) is 0 Å². The molecule has 1 heterocycles. The number of nitrogens with zero attached hydrogens (tertiary/aromatic N) is 3. The predicted octanol–water partition coefficient (Wildman–Crippen LogP) is -0.933. The van der Waals surface area contributed by atoms with Gasteiger partial charge in [-0.3, -0.25) is 4.84 Å². The minimum absolute atomic E-state index is 0.160. The van der Waals surface area contributed by atoms with Crippen molar-refractivity contribution in [2.45, 2.75) is 25.1 Å². The van der Waals surface area contributed by atoms with Crippen LogP contribution in [-0.4, -0.2) is 34.1 Å². The second kappa shape index (κ2) is 4.70. The third kappa shape index (κ3) is 3.18. The highest BCUT2D eigenvalue weighted by Crippen LogP contribution is 2.17. The number of rotatable bonds is 4. The van der Waals surface area contributed by atoms with Crippen LogP contribution in [0.3, 0.4) is 0 Å². The van der Waals surface area contributed by atoms with E-state index in [1.54, 1.807) is 0 Å². The molecule has 0 aromatic heterocycles. The van der Waals surface area contributed by atoms with Gasteiger partial charge in [-0.15, -0.1) is 25.3 Å². The minimum Gasteiger partial charge on any atom is -0.325 e. The first-order chi connectivity index (χ1) is 7.00. The summed E-state index contributed by atoms with van der Waals surface area (Å²) < 4.78 is 0. The standard InChI is InChI=1S/C5H10N4O6/c6-4-2-1-3-7(15-9(12)13)5(4)14-8(10)11/h4-5H,1-3,6H2/t4-,5?/m0/s1. The monoisotopic (exact) mass is 222 g/mol. The van der Waals surface area contributed by atoms with Crippen molar-refractivity contribution in [3.8, 4) is 0 Å². The summed E-state index contributed by atoms with van der Waals surface area (Å²) in [6, 6.07) is -0.691. The Morgan fingerprint density at radius 3 is 2.53 bits per heavy atom. The Labute approximate surface area is 83.7 Å². The molecule has 0 saturated carbocycles. The van der Waals surface area contributed by atoms with Crippen molar-refractivity contribution in [1.82, 2.24) is 5.06 Å². The number of nitrogens with two attached hydrogens (primary N) is 1. The summed E-state index contributed by atoms with van der Waals surface area (Å²) in [4.78, 5) is 28.5. The van der Waals surface area contributed by atoms with Crippen LogP contribution in [0.25, 0.3) is 0 Å². The highest BCUT2D eigenvalue weighted by atomic mass is 17.0. The first-order valence-corrected chi connectivity index (χ1v) is 4.16. The van der Waals surface area contributed by atoms with Crippen LogP contribution in [0.2, 0.25) is 0 Å². The maximum atomic E-state index is 10.1. The number of hydroxylamine groups is 2. The van der Waals surface area contributed by atoms with Crippen molar-refractivity contribution < 1.29 is 19.9 Å². The summed E-state index contributed by atoms with van der Waals surface area (Å²) in [6.45, 7) is 0.160. The number of hydrogen-bond acceptors (Lipinski definition) is 8. The second-order valence-electron chi connectivity index (χ2n) is 2.97. The summed E-state index contributed by atoms with van der Waals surface area (Å²) in [5, 5.41) is 18.9. The second-order valence-corrected chi connectivity index (χ2v) is 2.97. The first-order valence-electron chi connectivity index (χ1n) is 4.16. The maximum absolute atomic E-state index is 10.1. The average molecular weight is 222 g/mol. The minimum atomic E-state index is -1.24. The van der Waals surface area contributed by atoms with Gasteiger partial charge >= 0.3 is 5.09 Å². The van der Waals surface area contributed by atoms with E-state index in [1.807, 2.05) is 0 Å². The molecule has 2 N–H and O–H groups in total. The Bertz CT molecular complexity index is 260. The molecule has 0 spiro atoms. The molecule has 0 aromatic rings. The van der Waals surface area contributed by atoms with Gasteiger partial charge in [-0.1, -0.05) is 0 Å². The van der Waals surface area contributed by atoms with Crippen LogP contribution in [0.5, 0.6) is 0 Å². The molecule has 1 fully saturated rings. The Morgan fingerprint density at radius 2 is 2.00 bits per heavy atom. The summed E-state index contributed by atoms with van der Waals surface area (Å²) >= 11 is 0. The van der Waals surface area contributed by atoms with Gasteiger partial charge in [0.05, 0.1) is 0 Å². The smallest absolute Gasteiger partial charge is 0.312 e. The molecule has 10 nitrogen and oxygen atoms in total.